The number of amides is 1. The van der Waals surface area contributed by atoms with Gasteiger partial charge >= 0.3 is 5.97 Å². The van der Waals surface area contributed by atoms with Crippen LogP contribution in [0.3, 0.4) is 0 Å². The molecule has 1 unspecified atom stereocenters. The van der Waals surface area contributed by atoms with Crippen LogP contribution in [0.15, 0.2) is 18.5 Å². The molecule has 0 fully saturated rings. The Morgan fingerprint density at radius 2 is 2.17 bits per heavy atom. The molecule has 1 aromatic heterocycles. The molecular weight excluding hydrogens is 256 g/mol. The minimum absolute atomic E-state index is 0.0788. The highest BCUT2D eigenvalue weighted by Gasteiger charge is 2.15. The third-order valence-corrected chi connectivity index (χ3v) is 3.05. The van der Waals surface area contributed by atoms with Gasteiger partial charge in [0.05, 0.1) is 11.1 Å². The summed E-state index contributed by atoms with van der Waals surface area (Å²) in [6, 6.07) is 1.36. The zero-order valence-electron chi connectivity index (χ0n) is 9.88. The maximum absolute atomic E-state index is 11.7. The van der Waals surface area contributed by atoms with E-state index in [1.54, 1.807) is 6.26 Å². The summed E-state index contributed by atoms with van der Waals surface area (Å²) in [5, 5.41) is 11.5. The predicted molar refractivity (Wildman–Crippen MR) is 67.1 cm³/mol. The minimum Gasteiger partial charge on any atom is -0.478 e. The van der Waals surface area contributed by atoms with E-state index in [-0.39, 0.29) is 11.1 Å². The van der Waals surface area contributed by atoms with Gasteiger partial charge in [-0.2, -0.15) is 0 Å². The smallest absolute Gasteiger partial charge is 0.338 e. The molecule has 1 amide bonds. The van der Waals surface area contributed by atoms with Crippen molar-refractivity contribution in [1.29, 1.82) is 0 Å². The highest BCUT2D eigenvalue weighted by Crippen LogP contribution is 2.06. The van der Waals surface area contributed by atoms with Gasteiger partial charge in [0.1, 0.15) is 0 Å². The number of pyridine rings is 1. The number of carbonyl (C=O) groups excluding carboxylic acids is 1. The van der Waals surface area contributed by atoms with Crippen LogP contribution in [-0.2, 0) is 10.8 Å². The second-order valence-corrected chi connectivity index (χ2v) is 5.17. The van der Waals surface area contributed by atoms with Crippen LogP contribution in [0.25, 0.3) is 0 Å². The van der Waals surface area contributed by atoms with E-state index in [1.807, 2.05) is 0 Å². The van der Waals surface area contributed by atoms with E-state index in [2.05, 4.69) is 10.3 Å². The van der Waals surface area contributed by atoms with Crippen molar-refractivity contribution >= 4 is 22.7 Å². The predicted octanol–water partition coefficient (Wildman–Crippen LogP) is 0.278. The molecule has 1 rings (SSSR count). The lowest BCUT2D eigenvalue weighted by molar-refractivity contribution is 0.0690. The molecule has 18 heavy (non-hydrogen) atoms. The maximum atomic E-state index is 11.7. The SMILES string of the molecule is CS(=O)CCCNC(=O)c1ccncc1C(=O)O. The average molecular weight is 270 g/mol. The topological polar surface area (TPSA) is 96.4 Å². The molecule has 0 saturated heterocycles. The highest BCUT2D eigenvalue weighted by molar-refractivity contribution is 7.84. The number of aromatic carboxylic acids is 1. The summed E-state index contributed by atoms with van der Waals surface area (Å²) in [5.74, 6) is -1.15. The van der Waals surface area contributed by atoms with Crippen LogP contribution in [0.5, 0.6) is 0 Å². The summed E-state index contributed by atoms with van der Waals surface area (Å²) in [5.41, 5.74) is -0.0517. The molecule has 1 heterocycles. The van der Waals surface area contributed by atoms with Gasteiger partial charge in [-0.25, -0.2) is 4.79 Å². The van der Waals surface area contributed by atoms with Crippen LogP contribution in [0.2, 0.25) is 0 Å². The van der Waals surface area contributed by atoms with Crippen molar-refractivity contribution < 1.29 is 18.9 Å². The fourth-order valence-electron chi connectivity index (χ4n) is 1.34. The molecule has 0 aromatic carbocycles. The Bertz CT molecular complexity index is 476. The van der Waals surface area contributed by atoms with Crippen molar-refractivity contribution in [1.82, 2.24) is 10.3 Å². The minimum atomic E-state index is -1.19. The first kappa shape index (κ1) is 14.3. The third kappa shape index (κ3) is 4.25. The lowest BCUT2D eigenvalue weighted by Crippen LogP contribution is -2.27. The summed E-state index contributed by atoms with van der Waals surface area (Å²) in [4.78, 5) is 26.3. The molecule has 98 valence electrons. The van der Waals surface area contributed by atoms with Gasteiger partial charge in [0.2, 0.25) is 0 Å². The zero-order chi connectivity index (χ0) is 13.5. The Balaban J connectivity index is 2.61. The van der Waals surface area contributed by atoms with Crippen molar-refractivity contribution in [2.24, 2.45) is 0 Å². The van der Waals surface area contributed by atoms with Crippen molar-refractivity contribution in [3.05, 3.63) is 29.6 Å². The van der Waals surface area contributed by atoms with Crippen molar-refractivity contribution in [2.45, 2.75) is 6.42 Å². The van der Waals surface area contributed by atoms with Gasteiger partial charge in [0, 0.05) is 41.7 Å². The Morgan fingerprint density at radius 3 is 2.78 bits per heavy atom. The normalized spacial score (nSPS) is 11.8. The Kier molecular flexibility index (Phi) is 5.44. The largest absolute Gasteiger partial charge is 0.478 e. The molecule has 0 aliphatic rings. The molecule has 0 aliphatic carbocycles. The van der Waals surface area contributed by atoms with Gasteiger partial charge in [-0.1, -0.05) is 0 Å². The number of carboxylic acids is 1. The number of nitrogens with one attached hydrogen (secondary N) is 1. The second kappa shape index (κ2) is 6.85. The number of rotatable bonds is 6. The molecule has 1 atom stereocenters. The van der Waals surface area contributed by atoms with E-state index < -0.39 is 22.7 Å². The summed E-state index contributed by atoms with van der Waals surface area (Å²) in [6.07, 6.45) is 4.68. The quantitative estimate of drug-likeness (QED) is 0.724. The molecule has 0 spiro atoms. The molecule has 0 bridgehead atoms. The monoisotopic (exact) mass is 270 g/mol. The number of carbonyl (C=O) groups is 2. The summed E-state index contributed by atoms with van der Waals surface area (Å²) < 4.78 is 10.8. The molecule has 0 radical (unpaired) electrons. The molecule has 2 N–H and O–H groups in total. The van der Waals surface area contributed by atoms with Crippen LogP contribution in [0.4, 0.5) is 0 Å². The van der Waals surface area contributed by atoms with Crippen LogP contribution in [-0.4, -0.2) is 44.7 Å². The van der Waals surface area contributed by atoms with Crippen molar-refractivity contribution in [3.63, 3.8) is 0 Å². The number of carboxylic acid groups (broad SMARTS) is 1. The van der Waals surface area contributed by atoms with E-state index in [0.717, 1.165) is 6.20 Å². The number of nitrogens with zero attached hydrogens (tertiary/aromatic N) is 1. The summed E-state index contributed by atoms with van der Waals surface area (Å²) >= 11 is 0. The fraction of sp³-hybridized carbons (Fsp3) is 0.364. The van der Waals surface area contributed by atoms with Crippen molar-refractivity contribution in [3.8, 4) is 0 Å². The molecule has 7 heteroatoms. The van der Waals surface area contributed by atoms with Crippen LogP contribution in [0, 0.1) is 0 Å². The maximum Gasteiger partial charge on any atom is 0.338 e. The van der Waals surface area contributed by atoms with Gasteiger partial charge < -0.3 is 10.4 Å². The zero-order valence-corrected chi connectivity index (χ0v) is 10.7. The van der Waals surface area contributed by atoms with Crippen LogP contribution in [0.1, 0.15) is 27.1 Å². The van der Waals surface area contributed by atoms with E-state index >= 15 is 0 Å². The first-order valence-electron chi connectivity index (χ1n) is 5.28. The molecule has 1 aromatic rings. The van der Waals surface area contributed by atoms with Gasteiger partial charge in [-0.05, 0) is 12.5 Å². The molecule has 6 nitrogen and oxygen atoms in total. The first-order chi connectivity index (χ1) is 8.52. The molecule has 0 aliphatic heterocycles. The van der Waals surface area contributed by atoms with E-state index in [4.69, 9.17) is 5.11 Å². The van der Waals surface area contributed by atoms with Gasteiger partial charge in [0.15, 0.2) is 0 Å². The van der Waals surface area contributed by atoms with Gasteiger partial charge in [-0.3, -0.25) is 14.0 Å². The Hall–Kier alpha value is -1.76. The van der Waals surface area contributed by atoms with E-state index in [0.29, 0.717) is 18.7 Å². The lowest BCUT2D eigenvalue weighted by Gasteiger charge is -2.06. The Labute approximate surface area is 107 Å². The number of aromatic nitrogens is 1. The second-order valence-electron chi connectivity index (χ2n) is 3.61. The third-order valence-electron chi connectivity index (χ3n) is 2.19. The average Bonchev–Trinajstić information content (AvgIpc) is 2.34. The van der Waals surface area contributed by atoms with Gasteiger partial charge in [0.25, 0.3) is 5.91 Å². The molecule has 0 saturated carbocycles. The fourth-order valence-corrected chi connectivity index (χ4v) is 1.89. The van der Waals surface area contributed by atoms with Crippen LogP contribution >= 0.6 is 0 Å². The number of hydrogen-bond donors (Lipinski definition) is 2. The summed E-state index contributed by atoms with van der Waals surface area (Å²) in [7, 11) is -0.892. The van der Waals surface area contributed by atoms with Crippen LogP contribution < -0.4 is 5.32 Å². The van der Waals surface area contributed by atoms with Crippen molar-refractivity contribution in [2.75, 3.05) is 18.6 Å². The van der Waals surface area contributed by atoms with E-state index in [9.17, 15) is 13.8 Å². The van der Waals surface area contributed by atoms with Gasteiger partial charge in [-0.15, -0.1) is 0 Å². The number of hydrogen-bond acceptors (Lipinski definition) is 4. The molecular formula is C11H14N2O4S. The summed E-state index contributed by atoms with van der Waals surface area (Å²) in [6.45, 7) is 0.361. The van der Waals surface area contributed by atoms with E-state index in [1.165, 1.54) is 12.3 Å². The highest BCUT2D eigenvalue weighted by atomic mass is 32.2. The Morgan fingerprint density at radius 1 is 1.44 bits per heavy atom. The standard InChI is InChI=1S/C11H14N2O4S/c1-18(17)6-2-4-13-10(14)8-3-5-12-7-9(8)11(15)16/h3,5,7H,2,4,6H2,1H3,(H,13,14)(H,15,16). The lowest BCUT2D eigenvalue weighted by atomic mass is 10.1. The first-order valence-corrected chi connectivity index (χ1v) is 7.00.